The van der Waals surface area contributed by atoms with Gasteiger partial charge in [0, 0.05) is 13.2 Å². The molecule has 0 aromatic carbocycles. The first-order valence-electron chi connectivity index (χ1n) is 4.68. The van der Waals surface area contributed by atoms with E-state index in [0.29, 0.717) is 0 Å². The highest BCUT2D eigenvalue weighted by atomic mass is 16.5. The highest BCUT2D eigenvalue weighted by Gasteiger charge is 1.92. The van der Waals surface area contributed by atoms with Gasteiger partial charge in [-0.25, -0.2) is 0 Å². The number of rotatable bonds is 6. The second kappa shape index (κ2) is 7.35. The van der Waals surface area contributed by atoms with E-state index in [1.54, 1.807) is 0 Å². The standard InChI is InChI=1S/C11H21O/c1-5-8-12-9-6-7-11(4)10(2)3/h1,5-9H2,2-4H3. The van der Waals surface area contributed by atoms with Crippen LogP contribution >= 0.6 is 0 Å². The first-order valence-corrected chi connectivity index (χ1v) is 4.68. The van der Waals surface area contributed by atoms with Crippen LogP contribution in [-0.4, -0.2) is 13.2 Å². The van der Waals surface area contributed by atoms with E-state index >= 15 is 0 Å². The fourth-order valence-corrected chi connectivity index (χ4v) is 0.894. The van der Waals surface area contributed by atoms with Gasteiger partial charge in [-0.3, -0.25) is 0 Å². The molecule has 0 atom stereocenters. The quantitative estimate of drug-likeness (QED) is 0.437. The van der Waals surface area contributed by atoms with Crippen molar-refractivity contribution in [2.75, 3.05) is 13.2 Å². The summed E-state index contributed by atoms with van der Waals surface area (Å²) in [6.07, 6.45) is 3.18. The van der Waals surface area contributed by atoms with Gasteiger partial charge in [-0.2, -0.15) is 0 Å². The Bertz CT molecular complexity index is 132. The summed E-state index contributed by atoms with van der Waals surface area (Å²) < 4.78 is 5.33. The van der Waals surface area contributed by atoms with Crippen LogP contribution in [0.4, 0.5) is 0 Å². The van der Waals surface area contributed by atoms with E-state index in [1.807, 2.05) is 0 Å². The average Bonchev–Trinajstić information content (AvgIpc) is 2.03. The minimum absolute atomic E-state index is 0.799. The molecule has 0 amide bonds. The largest absolute Gasteiger partial charge is 0.381 e. The van der Waals surface area contributed by atoms with E-state index < -0.39 is 0 Å². The molecule has 12 heavy (non-hydrogen) atoms. The van der Waals surface area contributed by atoms with Crippen molar-refractivity contribution in [3.8, 4) is 0 Å². The molecule has 0 N–H and O–H groups in total. The van der Waals surface area contributed by atoms with Crippen molar-refractivity contribution in [2.45, 2.75) is 40.0 Å². The summed E-state index contributed by atoms with van der Waals surface area (Å²) >= 11 is 0. The molecule has 0 aromatic heterocycles. The van der Waals surface area contributed by atoms with E-state index in [4.69, 9.17) is 4.74 Å². The molecule has 0 unspecified atom stereocenters. The zero-order chi connectivity index (χ0) is 9.40. The Kier molecular flexibility index (Phi) is 7.17. The van der Waals surface area contributed by atoms with Gasteiger partial charge in [-0.15, -0.1) is 0 Å². The number of ether oxygens (including phenoxy) is 1. The van der Waals surface area contributed by atoms with E-state index in [1.165, 1.54) is 17.6 Å². The van der Waals surface area contributed by atoms with Gasteiger partial charge in [-0.1, -0.05) is 18.1 Å². The zero-order valence-corrected chi connectivity index (χ0v) is 8.65. The van der Waals surface area contributed by atoms with Crippen LogP contribution in [0.5, 0.6) is 0 Å². The monoisotopic (exact) mass is 169 g/mol. The van der Waals surface area contributed by atoms with Crippen LogP contribution in [0, 0.1) is 6.92 Å². The summed E-state index contributed by atoms with van der Waals surface area (Å²) in [6.45, 7) is 11.9. The maximum Gasteiger partial charge on any atom is 0.0469 e. The molecule has 0 aromatic rings. The van der Waals surface area contributed by atoms with Gasteiger partial charge in [0.2, 0.25) is 0 Å². The van der Waals surface area contributed by atoms with Crippen molar-refractivity contribution in [1.29, 1.82) is 0 Å². The van der Waals surface area contributed by atoms with E-state index in [9.17, 15) is 0 Å². The lowest BCUT2D eigenvalue weighted by Gasteiger charge is -2.04. The van der Waals surface area contributed by atoms with Crippen molar-refractivity contribution in [1.82, 2.24) is 0 Å². The molecule has 0 aliphatic carbocycles. The third-order valence-electron chi connectivity index (χ3n) is 1.98. The van der Waals surface area contributed by atoms with Gasteiger partial charge >= 0.3 is 0 Å². The predicted molar refractivity (Wildman–Crippen MR) is 54.1 cm³/mol. The molecular formula is C11H21O. The highest BCUT2D eigenvalue weighted by molar-refractivity contribution is 5.06. The Morgan fingerprint density at radius 2 is 1.83 bits per heavy atom. The van der Waals surface area contributed by atoms with Crippen LogP contribution in [-0.2, 0) is 4.74 Å². The summed E-state index contributed by atoms with van der Waals surface area (Å²) in [4.78, 5) is 0. The second-order valence-electron chi connectivity index (χ2n) is 3.35. The maximum atomic E-state index is 5.33. The second-order valence-corrected chi connectivity index (χ2v) is 3.35. The van der Waals surface area contributed by atoms with Gasteiger partial charge in [0.15, 0.2) is 0 Å². The smallest absolute Gasteiger partial charge is 0.0469 e. The minimum atomic E-state index is 0.799. The van der Waals surface area contributed by atoms with Crippen LogP contribution < -0.4 is 0 Å². The van der Waals surface area contributed by atoms with Crippen LogP contribution in [0.3, 0.4) is 0 Å². The van der Waals surface area contributed by atoms with Crippen LogP contribution in [0.1, 0.15) is 40.0 Å². The first-order chi connectivity index (χ1) is 5.68. The molecule has 1 radical (unpaired) electrons. The SMILES string of the molecule is [CH2]CCOCCCC(C)=C(C)C. The summed E-state index contributed by atoms with van der Waals surface area (Å²) in [5.41, 5.74) is 2.93. The molecule has 71 valence electrons. The predicted octanol–water partition coefficient (Wildman–Crippen LogP) is 3.36. The highest BCUT2D eigenvalue weighted by Crippen LogP contribution is 2.09. The van der Waals surface area contributed by atoms with Gasteiger partial charge in [0.1, 0.15) is 0 Å². The van der Waals surface area contributed by atoms with Crippen molar-refractivity contribution >= 4 is 0 Å². The summed E-state index contributed by atoms with van der Waals surface area (Å²) in [5.74, 6) is 0. The molecule has 0 rings (SSSR count). The Morgan fingerprint density at radius 3 is 2.33 bits per heavy atom. The Morgan fingerprint density at radius 1 is 1.17 bits per heavy atom. The molecule has 1 heteroatoms. The molecule has 0 saturated carbocycles. The number of hydrogen-bond donors (Lipinski definition) is 0. The minimum Gasteiger partial charge on any atom is -0.381 e. The van der Waals surface area contributed by atoms with Crippen molar-refractivity contribution in [2.24, 2.45) is 0 Å². The van der Waals surface area contributed by atoms with E-state index in [2.05, 4.69) is 27.7 Å². The summed E-state index contributed by atoms with van der Waals surface area (Å²) in [6, 6.07) is 0. The zero-order valence-electron chi connectivity index (χ0n) is 8.65. The molecular weight excluding hydrogens is 148 g/mol. The van der Waals surface area contributed by atoms with Crippen LogP contribution in [0.15, 0.2) is 11.1 Å². The van der Waals surface area contributed by atoms with Gasteiger partial charge in [-0.05, 0) is 40.0 Å². The molecule has 0 spiro atoms. The molecule has 0 fully saturated rings. The summed E-state index contributed by atoms with van der Waals surface area (Å²) in [7, 11) is 0. The average molecular weight is 169 g/mol. The Balaban J connectivity index is 3.26. The molecule has 0 saturated heterocycles. The fourth-order valence-electron chi connectivity index (χ4n) is 0.894. The fraction of sp³-hybridized carbons (Fsp3) is 0.727. The lowest BCUT2D eigenvalue weighted by Crippen LogP contribution is -1.96. The van der Waals surface area contributed by atoms with Gasteiger partial charge < -0.3 is 4.74 Å². The van der Waals surface area contributed by atoms with E-state index in [0.717, 1.165) is 26.1 Å². The van der Waals surface area contributed by atoms with E-state index in [-0.39, 0.29) is 0 Å². The Labute approximate surface area is 76.8 Å². The van der Waals surface area contributed by atoms with Crippen LogP contribution in [0.2, 0.25) is 0 Å². The Hall–Kier alpha value is -0.300. The first kappa shape index (κ1) is 11.7. The molecule has 0 aliphatic rings. The van der Waals surface area contributed by atoms with Gasteiger partial charge in [0.25, 0.3) is 0 Å². The maximum absolute atomic E-state index is 5.33. The van der Waals surface area contributed by atoms with Crippen molar-refractivity contribution < 1.29 is 4.74 Å². The number of allylic oxidation sites excluding steroid dienone is 2. The lowest BCUT2D eigenvalue weighted by atomic mass is 10.1. The third-order valence-corrected chi connectivity index (χ3v) is 1.98. The number of hydrogen-bond acceptors (Lipinski definition) is 1. The molecule has 1 nitrogen and oxygen atoms in total. The third kappa shape index (κ3) is 6.41. The van der Waals surface area contributed by atoms with Crippen molar-refractivity contribution in [3.05, 3.63) is 18.1 Å². The van der Waals surface area contributed by atoms with Gasteiger partial charge in [0.05, 0.1) is 0 Å². The lowest BCUT2D eigenvalue weighted by molar-refractivity contribution is 0.136. The topological polar surface area (TPSA) is 9.23 Å². The molecule has 0 heterocycles. The normalized spacial score (nSPS) is 10.0. The molecule has 0 bridgehead atoms. The summed E-state index contributed by atoms with van der Waals surface area (Å²) in [5, 5.41) is 0. The van der Waals surface area contributed by atoms with Crippen molar-refractivity contribution in [3.63, 3.8) is 0 Å². The van der Waals surface area contributed by atoms with Crippen LogP contribution in [0.25, 0.3) is 0 Å². The molecule has 0 aliphatic heterocycles.